The van der Waals surface area contributed by atoms with Crippen LogP contribution in [0, 0.1) is 5.92 Å². The van der Waals surface area contributed by atoms with E-state index in [1.165, 1.54) is 16.8 Å². The van der Waals surface area contributed by atoms with Gasteiger partial charge in [0.1, 0.15) is 0 Å². The lowest BCUT2D eigenvalue weighted by atomic mass is 10.00. The molecule has 3 heteroatoms. The summed E-state index contributed by atoms with van der Waals surface area (Å²) in [5.41, 5.74) is 4.00. The lowest BCUT2D eigenvalue weighted by molar-refractivity contribution is 0.531. The Bertz CT molecular complexity index is 540. The second-order valence-corrected chi connectivity index (χ2v) is 6.08. The zero-order chi connectivity index (χ0) is 15.2. The van der Waals surface area contributed by atoms with E-state index in [2.05, 4.69) is 68.4 Å². The first-order valence-corrected chi connectivity index (χ1v) is 7.93. The van der Waals surface area contributed by atoms with Gasteiger partial charge in [0, 0.05) is 25.3 Å². The minimum atomic E-state index is 0.346. The van der Waals surface area contributed by atoms with Crippen LogP contribution in [0.4, 0.5) is 0 Å². The predicted octanol–water partition coefficient (Wildman–Crippen LogP) is 3.95. The van der Waals surface area contributed by atoms with Crippen LogP contribution in [0.5, 0.6) is 0 Å². The standard InChI is InChI=1S/C18H27N3/c1-5-21-18(10-11-20-21)13-19-15(4)17-8-6-16(7-9-17)12-14(2)3/h6-11,14-15,19H,5,12-13H2,1-4H3. The molecule has 2 rings (SSSR count). The van der Waals surface area contributed by atoms with Gasteiger partial charge < -0.3 is 5.32 Å². The highest BCUT2D eigenvalue weighted by Gasteiger charge is 2.07. The number of benzene rings is 1. The molecule has 1 aromatic heterocycles. The van der Waals surface area contributed by atoms with Gasteiger partial charge in [-0.15, -0.1) is 0 Å². The van der Waals surface area contributed by atoms with Crippen LogP contribution in [0.1, 0.15) is 50.6 Å². The van der Waals surface area contributed by atoms with Crippen molar-refractivity contribution in [3.8, 4) is 0 Å². The third kappa shape index (κ3) is 4.43. The van der Waals surface area contributed by atoms with Crippen molar-refractivity contribution in [2.45, 2.75) is 53.2 Å². The van der Waals surface area contributed by atoms with Crippen LogP contribution >= 0.6 is 0 Å². The average molecular weight is 285 g/mol. The van der Waals surface area contributed by atoms with Gasteiger partial charge in [-0.1, -0.05) is 38.1 Å². The highest BCUT2D eigenvalue weighted by molar-refractivity contribution is 5.25. The molecule has 3 nitrogen and oxygen atoms in total. The number of nitrogens with one attached hydrogen (secondary N) is 1. The van der Waals surface area contributed by atoms with Gasteiger partial charge in [0.15, 0.2) is 0 Å². The number of aryl methyl sites for hydroxylation is 1. The second-order valence-electron chi connectivity index (χ2n) is 6.08. The molecule has 0 bridgehead atoms. The predicted molar refractivity (Wildman–Crippen MR) is 88.1 cm³/mol. The van der Waals surface area contributed by atoms with Crippen LogP contribution in [-0.2, 0) is 19.5 Å². The Morgan fingerprint density at radius 3 is 2.43 bits per heavy atom. The van der Waals surface area contributed by atoms with Crippen LogP contribution in [0.15, 0.2) is 36.5 Å². The summed E-state index contributed by atoms with van der Waals surface area (Å²) in [6, 6.07) is 11.4. The summed E-state index contributed by atoms with van der Waals surface area (Å²) in [6.45, 7) is 10.6. The third-order valence-corrected chi connectivity index (χ3v) is 3.82. The Kier molecular flexibility index (Phi) is 5.57. The van der Waals surface area contributed by atoms with E-state index in [9.17, 15) is 0 Å². The van der Waals surface area contributed by atoms with Gasteiger partial charge in [0.05, 0.1) is 5.69 Å². The Labute approximate surface area is 128 Å². The van der Waals surface area contributed by atoms with Gasteiger partial charge in [-0.3, -0.25) is 4.68 Å². The molecule has 0 spiro atoms. The smallest absolute Gasteiger partial charge is 0.0522 e. The molecule has 0 aliphatic heterocycles. The van der Waals surface area contributed by atoms with Gasteiger partial charge in [0.25, 0.3) is 0 Å². The summed E-state index contributed by atoms with van der Waals surface area (Å²) < 4.78 is 2.03. The first-order chi connectivity index (χ1) is 10.1. The maximum Gasteiger partial charge on any atom is 0.0522 e. The zero-order valence-electron chi connectivity index (χ0n) is 13.6. The maximum absolute atomic E-state index is 4.30. The summed E-state index contributed by atoms with van der Waals surface area (Å²) in [5, 5.41) is 7.88. The maximum atomic E-state index is 4.30. The van der Waals surface area contributed by atoms with Gasteiger partial charge >= 0.3 is 0 Å². The van der Waals surface area contributed by atoms with Crippen molar-refractivity contribution in [2.24, 2.45) is 5.92 Å². The number of hydrogen-bond acceptors (Lipinski definition) is 2. The van der Waals surface area contributed by atoms with Gasteiger partial charge in [-0.25, -0.2) is 0 Å². The highest BCUT2D eigenvalue weighted by atomic mass is 15.3. The summed E-state index contributed by atoms with van der Waals surface area (Å²) in [4.78, 5) is 0. The molecule has 1 aromatic carbocycles. The molecule has 0 fully saturated rings. The van der Waals surface area contributed by atoms with E-state index >= 15 is 0 Å². The highest BCUT2D eigenvalue weighted by Crippen LogP contribution is 2.16. The molecule has 1 heterocycles. The summed E-state index contributed by atoms with van der Waals surface area (Å²) in [5.74, 6) is 0.709. The van der Waals surface area contributed by atoms with E-state index in [1.807, 2.05) is 10.9 Å². The lowest BCUT2D eigenvalue weighted by Gasteiger charge is -2.15. The molecule has 0 aliphatic rings. The minimum absolute atomic E-state index is 0.346. The van der Waals surface area contributed by atoms with E-state index in [1.54, 1.807) is 0 Å². The molecule has 1 unspecified atom stereocenters. The van der Waals surface area contributed by atoms with Crippen LogP contribution in [0.3, 0.4) is 0 Å². The molecule has 2 aromatic rings. The largest absolute Gasteiger partial charge is 0.305 e. The molecular formula is C18H27N3. The molecule has 0 radical (unpaired) electrons. The summed E-state index contributed by atoms with van der Waals surface area (Å²) in [6.07, 6.45) is 3.02. The minimum Gasteiger partial charge on any atom is -0.305 e. The monoisotopic (exact) mass is 285 g/mol. The van der Waals surface area contributed by atoms with E-state index in [4.69, 9.17) is 0 Å². The van der Waals surface area contributed by atoms with Crippen LogP contribution in [0.2, 0.25) is 0 Å². The number of hydrogen-bond donors (Lipinski definition) is 1. The van der Waals surface area contributed by atoms with Gasteiger partial charge in [-0.05, 0) is 43.4 Å². The second kappa shape index (κ2) is 7.41. The van der Waals surface area contributed by atoms with Crippen molar-refractivity contribution in [2.75, 3.05) is 0 Å². The van der Waals surface area contributed by atoms with Crippen molar-refractivity contribution in [1.29, 1.82) is 0 Å². The Hall–Kier alpha value is -1.61. The van der Waals surface area contributed by atoms with E-state index < -0.39 is 0 Å². The van der Waals surface area contributed by atoms with E-state index in [0.717, 1.165) is 19.5 Å². The molecule has 0 saturated carbocycles. The SMILES string of the molecule is CCn1nccc1CNC(C)c1ccc(CC(C)C)cc1. The van der Waals surface area contributed by atoms with Crippen molar-refractivity contribution in [1.82, 2.24) is 15.1 Å². The van der Waals surface area contributed by atoms with E-state index in [0.29, 0.717) is 12.0 Å². The number of rotatable bonds is 7. The molecule has 1 atom stereocenters. The third-order valence-electron chi connectivity index (χ3n) is 3.82. The zero-order valence-corrected chi connectivity index (χ0v) is 13.6. The van der Waals surface area contributed by atoms with Gasteiger partial charge in [0.2, 0.25) is 0 Å². The summed E-state index contributed by atoms with van der Waals surface area (Å²) in [7, 11) is 0. The molecule has 0 aliphatic carbocycles. The van der Waals surface area contributed by atoms with E-state index in [-0.39, 0.29) is 0 Å². The first-order valence-electron chi connectivity index (χ1n) is 7.93. The molecule has 0 amide bonds. The normalized spacial score (nSPS) is 12.8. The Morgan fingerprint density at radius 2 is 1.81 bits per heavy atom. The number of aromatic nitrogens is 2. The van der Waals surface area contributed by atoms with Crippen molar-refractivity contribution in [3.05, 3.63) is 53.3 Å². The lowest BCUT2D eigenvalue weighted by Crippen LogP contribution is -2.20. The van der Waals surface area contributed by atoms with Crippen molar-refractivity contribution < 1.29 is 0 Å². The van der Waals surface area contributed by atoms with Gasteiger partial charge in [-0.2, -0.15) is 5.10 Å². The molecule has 1 N–H and O–H groups in total. The van der Waals surface area contributed by atoms with Crippen molar-refractivity contribution >= 4 is 0 Å². The molecule has 114 valence electrons. The first kappa shape index (κ1) is 15.8. The molecule has 21 heavy (non-hydrogen) atoms. The fourth-order valence-corrected chi connectivity index (χ4v) is 2.58. The number of nitrogens with zero attached hydrogens (tertiary/aromatic N) is 2. The fourth-order valence-electron chi connectivity index (χ4n) is 2.58. The molecular weight excluding hydrogens is 258 g/mol. The quantitative estimate of drug-likeness (QED) is 0.834. The fraction of sp³-hybridized carbons (Fsp3) is 0.500. The van der Waals surface area contributed by atoms with Crippen LogP contribution < -0.4 is 5.32 Å². The molecule has 0 saturated heterocycles. The van der Waals surface area contributed by atoms with Crippen LogP contribution in [0.25, 0.3) is 0 Å². The summed E-state index contributed by atoms with van der Waals surface area (Å²) >= 11 is 0. The Morgan fingerprint density at radius 1 is 1.10 bits per heavy atom. The average Bonchev–Trinajstić information content (AvgIpc) is 2.92. The van der Waals surface area contributed by atoms with Crippen molar-refractivity contribution in [3.63, 3.8) is 0 Å². The topological polar surface area (TPSA) is 29.9 Å². The van der Waals surface area contributed by atoms with Crippen LogP contribution in [-0.4, -0.2) is 9.78 Å². The Balaban J connectivity index is 1.92.